The number of hydrogen-bond acceptors (Lipinski definition) is 3. The number of aryl methyl sites for hydroxylation is 1. The Balaban J connectivity index is 2.21. The molecule has 2 atom stereocenters. The lowest BCUT2D eigenvalue weighted by Crippen LogP contribution is -2.38. The van der Waals surface area contributed by atoms with E-state index in [1.807, 2.05) is 45.0 Å². The van der Waals surface area contributed by atoms with Crippen LogP contribution >= 0.6 is 0 Å². The molecule has 0 aliphatic rings. The van der Waals surface area contributed by atoms with E-state index >= 15 is 0 Å². The van der Waals surface area contributed by atoms with Gasteiger partial charge in [-0.15, -0.1) is 0 Å². The molecule has 0 bridgehead atoms. The first kappa shape index (κ1) is 16.0. The van der Waals surface area contributed by atoms with Crippen molar-refractivity contribution >= 4 is 5.91 Å². The van der Waals surface area contributed by atoms with E-state index in [0.717, 1.165) is 5.56 Å². The normalized spacial score (nSPS) is 13.6. The number of hydrogen-bond donors (Lipinski definition) is 3. The van der Waals surface area contributed by atoms with Gasteiger partial charge in [-0.25, -0.2) is 4.68 Å². The van der Waals surface area contributed by atoms with Gasteiger partial charge in [-0.1, -0.05) is 24.6 Å². The number of carbonyl (C=O) groups excluding carboxylic acids is 1. The van der Waals surface area contributed by atoms with Gasteiger partial charge in [-0.3, -0.25) is 14.7 Å². The molecule has 1 aromatic heterocycles. The van der Waals surface area contributed by atoms with E-state index in [2.05, 4.69) is 10.4 Å². The van der Waals surface area contributed by atoms with Crippen LogP contribution in [0.25, 0.3) is 5.69 Å². The number of aliphatic hydroxyl groups excluding tert-OH is 1. The Morgan fingerprint density at radius 2 is 1.95 bits per heavy atom. The van der Waals surface area contributed by atoms with Crippen LogP contribution in [0.1, 0.15) is 29.9 Å². The standard InChI is InChI=1S/C16H21N3O3/c1-10-4-6-13(7-5-10)19-15(21)8-14(18-19)16(22)17-12(3)11(2)9-20/h4-8,11-12,18,20H,9H2,1-3H3,(H,17,22). The Morgan fingerprint density at radius 3 is 2.55 bits per heavy atom. The molecule has 0 spiro atoms. The Morgan fingerprint density at radius 1 is 1.32 bits per heavy atom. The molecule has 6 heteroatoms. The number of aromatic nitrogens is 2. The molecule has 0 aliphatic carbocycles. The highest BCUT2D eigenvalue weighted by atomic mass is 16.3. The third kappa shape index (κ3) is 3.46. The quantitative estimate of drug-likeness (QED) is 0.776. The van der Waals surface area contributed by atoms with Crippen molar-refractivity contribution in [3.05, 3.63) is 51.9 Å². The molecule has 2 unspecified atom stereocenters. The van der Waals surface area contributed by atoms with E-state index in [9.17, 15) is 9.59 Å². The number of aromatic amines is 1. The zero-order valence-electron chi connectivity index (χ0n) is 13.0. The van der Waals surface area contributed by atoms with Gasteiger partial charge in [-0.2, -0.15) is 0 Å². The molecule has 1 aromatic carbocycles. The molecule has 0 aliphatic heterocycles. The first-order valence-corrected chi connectivity index (χ1v) is 7.23. The van der Waals surface area contributed by atoms with Crippen LogP contribution in [0.15, 0.2) is 35.1 Å². The average Bonchev–Trinajstić information content (AvgIpc) is 2.89. The van der Waals surface area contributed by atoms with Crippen LogP contribution in [-0.2, 0) is 0 Å². The minimum atomic E-state index is -0.365. The topological polar surface area (TPSA) is 87.1 Å². The smallest absolute Gasteiger partial charge is 0.271 e. The summed E-state index contributed by atoms with van der Waals surface area (Å²) in [6.07, 6.45) is 0. The van der Waals surface area contributed by atoms with Gasteiger partial charge in [0.15, 0.2) is 0 Å². The van der Waals surface area contributed by atoms with Crippen molar-refractivity contribution in [3.8, 4) is 5.69 Å². The molecule has 0 saturated carbocycles. The summed E-state index contributed by atoms with van der Waals surface area (Å²) in [5.74, 6) is -0.425. The van der Waals surface area contributed by atoms with Gasteiger partial charge in [0, 0.05) is 18.7 Å². The molecule has 0 saturated heterocycles. The zero-order valence-corrected chi connectivity index (χ0v) is 13.0. The van der Waals surface area contributed by atoms with Crippen molar-refractivity contribution in [2.45, 2.75) is 26.8 Å². The van der Waals surface area contributed by atoms with E-state index in [0.29, 0.717) is 5.69 Å². The van der Waals surface area contributed by atoms with E-state index < -0.39 is 0 Å². The minimum absolute atomic E-state index is 0.0116. The summed E-state index contributed by atoms with van der Waals surface area (Å²) in [5, 5.41) is 14.7. The number of nitrogens with zero attached hydrogens (tertiary/aromatic N) is 1. The third-order valence-corrected chi connectivity index (χ3v) is 3.76. The number of nitrogens with one attached hydrogen (secondary N) is 2. The first-order valence-electron chi connectivity index (χ1n) is 7.23. The molecular formula is C16H21N3O3. The lowest BCUT2D eigenvalue weighted by Gasteiger charge is -2.18. The summed E-state index contributed by atoms with van der Waals surface area (Å²) in [6, 6.07) is 8.49. The Hall–Kier alpha value is -2.34. The van der Waals surface area contributed by atoms with E-state index in [-0.39, 0.29) is 35.7 Å². The van der Waals surface area contributed by atoms with Gasteiger partial charge < -0.3 is 10.4 Å². The molecule has 2 rings (SSSR count). The summed E-state index contributed by atoms with van der Waals surface area (Å²) in [4.78, 5) is 24.2. The summed E-state index contributed by atoms with van der Waals surface area (Å²) < 4.78 is 1.33. The summed E-state index contributed by atoms with van der Waals surface area (Å²) in [7, 11) is 0. The number of H-pyrrole nitrogens is 1. The molecule has 1 heterocycles. The van der Waals surface area contributed by atoms with E-state index in [1.165, 1.54) is 10.7 Å². The monoisotopic (exact) mass is 303 g/mol. The molecule has 3 N–H and O–H groups in total. The maximum Gasteiger partial charge on any atom is 0.271 e. The Bertz CT molecular complexity index is 700. The molecule has 22 heavy (non-hydrogen) atoms. The fraction of sp³-hybridized carbons (Fsp3) is 0.375. The second kappa shape index (κ2) is 6.62. The maximum absolute atomic E-state index is 12.2. The molecule has 1 amide bonds. The second-order valence-corrected chi connectivity index (χ2v) is 5.60. The van der Waals surface area contributed by atoms with Crippen molar-refractivity contribution in [2.24, 2.45) is 5.92 Å². The molecule has 0 radical (unpaired) electrons. The minimum Gasteiger partial charge on any atom is -0.396 e. The predicted molar refractivity (Wildman–Crippen MR) is 84.3 cm³/mol. The molecule has 118 valence electrons. The second-order valence-electron chi connectivity index (χ2n) is 5.60. The van der Waals surface area contributed by atoms with E-state index in [4.69, 9.17) is 5.11 Å². The van der Waals surface area contributed by atoms with Gasteiger partial charge in [0.1, 0.15) is 5.69 Å². The van der Waals surface area contributed by atoms with Gasteiger partial charge >= 0.3 is 0 Å². The average molecular weight is 303 g/mol. The Kier molecular flexibility index (Phi) is 4.82. The number of amides is 1. The summed E-state index contributed by atoms with van der Waals surface area (Å²) in [6.45, 7) is 5.60. The zero-order chi connectivity index (χ0) is 16.3. The molecular weight excluding hydrogens is 282 g/mol. The van der Waals surface area contributed by atoms with Gasteiger partial charge in [0.05, 0.1) is 5.69 Å². The van der Waals surface area contributed by atoms with Crippen LogP contribution in [0, 0.1) is 12.8 Å². The maximum atomic E-state index is 12.2. The van der Waals surface area contributed by atoms with Gasteiger partial charge in [-0.05, 0) is 31.9 Å². The molecule has 6 nitrogen and oxygen atoms in total. The van der Waals surface area contributed by atoms with Crippen LogP contribution in [0.3, 0.4) is 0 Å². The fourth-order valence-corrected chi connectivity index (χ4v) is 1.98. The van der Waals surface area contributed by atoms with Crippen molar-refractivity contribution < 1.29 is 9.90 Å². The highest BCUT2D eigenvalue weighted by Gasteiger charge is 2.17. The largest absolute Gasteiger partial charge is 0.396 e. The SMILES string of the molecule is Cc1ccc(-n2[nH]c(C(=O)NC(C)C(C)CO)cc2=O)cc1. The lowest BCUT2D eigenvalue weighted by molar-refractivity contribution is 0.0911. The van der Waals surface area contributed by atoms with Crippen molar-refractivity contribution in [1.29, 1.82) is 0 Å². The first-order chi connectivity index (χ1) is 10.4. The van der Waals surface area contributed by atoms with Crippen molar-refractivity contribution in [2.75, 3.05) is 6.61 Å². The van der Waals surface area contributed by atoms with Crippen LogP contribution in [0.5, 0.6) is 0 Å². The Labute approximate surface area is 128 Å². The highest BCUT2D eigenvalue weighted by Crippen LogP contribution is 2.07. The fourth-order valence-electron chi connectivity index (χ4n) is 1.98. The van der Waals surface area contributed by atoms with Crippen LogP contribution < -0.4 is 10.9 Å². The summed E-state index contributed by atoms with van der Waals surface area (Å²) >= 11 is 0. The molecule has 0 fully saturated rings. The van der Waals surface area contributed by atoms with Crippen molar-refractivity contribution in [3.63, 3.8) is 0 Å². The number of rotatable bonds is 5. The van der Waals surface area contributed by atoms with Crippen LogP contribution in [0.2, 0.25) is 0 Å². The van der Waals surface area contributed by atoms with Crippen LogP contribution in [0.4, 0.5) is 0 Å². The molecule has 2 aromatic rings. The highest BCUT2D eigenvalue weighted by molar-refractivity contribution is 5.92. The van der Waals surface area contributed by atoms with Gasteiger partial charge in [0.25, 0.3) is 11.5 Å². The third-order valence-electron chi connectivity index (χ3n) is 3.76. The summed E-state index contributed by atoms with van der Waals surface area (Å²) in [5.41, 5.74) is 1.67. The predicted octanol–water partition coefficient (Wildman–Crippen LogP) is 1.22. The number of carbonyl (C=O) groups is 1. The van der Waals surface area contributed by atoms with Crippen LogP contribution in [-0.4, -0.2) is 33.4 Å². The van der Waals surface area contributed by atoms with Gasteiger partial charge in [0.2, 0.25) is 0 Å². The number of benzene rings is 1. The lowest BCUT2D eigenvalue weighted by atomic mass is 10.1. The van der Waals surface area contributed by atoms with Crippen molar-refractivity contribution in [1.82, 2.24) is 15.1 Å². The number of aliphatic hydroxyl groups is 1. The van der Waals surface area contributed by atoms with E-state index in [1.54, 1.807) is 0 Å².